The van der Waals surface area contributed by atoms with Crippen LogP contribution in [-0.2, 0) is 4.79 Å². The van der Waals surface area contributed by atoms with Gasteiger partial charge in [-0.15, -0.1) is 0 Å². The van der Waals surface area contributed by atoms with Crippen molar-refractivity contribution in [1.29, 1.82) is 0 Å². The van der Waals surface area contributed by atoms with Crippen molar-refractivity contribution in [2.24, 2.45) is 0 Å². The summed E-state index contributed by atoms with van der Waals surface area (Å²) in [6.45, 7) is 5.09. The van der Waals surface area contributed by atoms with E-state index in [1.54, 1.807) is 6.07 Å². The van der Waals surface area contributed by atoms with Crippen LogP contribution in [-0.4, -0.2) is 29.8 Å². The molecular formula is C14H19NO5. The number of para-hydroxylation sites is 1. The van der Waals surface area contributed by atoms with Gasteiger partial charge >= 0.3 is 5.97 Å². The fourth-order valence-corrected chi connectivity index (χ4v) is 1.55. The molecule has 1 rings (SSSR count). The first-order chi connectivity index (χ1) is 9.45. The third kappa shape index (κ3) is 4.55. The van der Waals surface area contributed by atoms with Crippen LogP contribution < -0.4 is 14.8 Å². The van der Waals surface area contributed by atoms with E-state index in [1.165, 1.54) is 26.0 Å². The van der Waals surface area contributed by atoms with Gasteiger partial charge in [-0.2, -0.15) is 0 Å². The van der Waals surface area contributed by atoms with E-state index >= 15 is 0 Å². The van der Waals surface area contributed by atoms with Crippen LogP contribution in [0.4, 0.5) is 0 Å². The average molecular weight is 281 g/mol. The van der Waals surface area contributed by atoms with Gasteiger partial charge in [0.25, 0.3) is 5.91 Å². The molecule has 110 valence electrons. The van der Waals surface area contributed by atoms with Gasteiger partial charge in [0, 0.05) is 13.5 Å². The van der Waals surface area contributed by atoms with Gasteiger partial charge in [0.1, 0.15) is 0 Å². The van der Waals surface area contributed by atoms with Gasteiger partial charge < -0.3 is 19.9 Å². The van der Waals surface area contributed by atoms with Crippen LogP contribution >= 0.6 is 0 Å². The second-order valence-corrected chi connectivity index (χ2v) is 4.20. The smallest absolute Gasteiger partial charge is 0.308 e. The Kier molecular flexibility index (Phi) is 5.99. The highest BCUT2D eigenvalue weighted by atomic mass is 16.6. The summed E-state index contributed by atoms with van der Waals surface area (Å²) >= 11 is 0. The van der Waals surface area contributed by atoms with E-state index < -0.39 is 12.3 Å². The summed E-state index contributed by atoms with van der Waals surface area (Å²) in [5, 5.41) is 12.0. The lowest BCUT2D eigenvalue weighted by atomic mass is 10.1. The lowest BCUT2D eigenvalue weighted by molar-refractivity contribution is -0.132. The lowest BCUT2D eigenvalue weighted by Crippen LogP contribution is -2.25. The fraction of sp³-hybridized carbons (Fsp3) is 0.429. The highest BCUT2D eigenvalue weighted by Gasteiger charge is 2.19. The summed E-state index contributed by atoms with van der Waals surface area (Å²) in [5.74, 6) is -0.788. The third-order valence-corrected chi connectivity index (χ3v) is 2.30. The number of amides is 1. The first-order valence-corrected chi connectivity index (χ1v) is 6.40. The Morgan fingerprint density at radius 1 is 1.40 bits per heavy atom. The van der Waals surface area contributed by atoms with Gasteiger partial charge in [0.05, 0.1) is 5.56 Å². The molecule has 1 aromatic carbocycles. The second kappa shape index (κ2) is 7.49. The van der Waals surface area contributed by atoms with Crippen molar-refractivity contribution in [3.8, 4) is 11.5 Å². The van der Waals surface area contributed by atoms with Crippen molar-refractivity contribution >= 4 is 11.9 Å². The monoisotopic (exact) mass is 281 g/mol. The van der Waals surface area contributed by atoms with E-state index in [1.807, 2.05) is 6.92 Å². The van der Waals surface area contributed by atoms with E-state index in [4.69, 9.17) is 9.47 Å². The molecule has 6 heteroatoms. The van der Waals surface area contributed by atoms with Gasteiger partial charge in [-0.1, -0.05) is 13.0 Å². The number of hydrogen-bond donors (Lipinski definition) is 2. The number of rotatable bonds is 6. The molecule has 1 atom stereocenters. The number of carbonyl (C=O) groups is 2. The maximum atomic E-state index is 12.0. The lowest BCUT2D eigenvalue weighted by Gasteiger charge is -2.15. The number of benzene rings is 1. The Balaban J connectivity index is 3.14. The number of nitrogens with one attached hydrogen (secondary N) is 1. The maximum absolute atomic E-state index is 12.0. The SMILES string of the molecule is CCCNC(=O)c1cccc(OC(C)O)c1OC(C)=O. The minimum atomic E-state index is -1.08. The quantitative estimate of drug-likeness (QED) is 0.468. The van der Waals surface area contributed by atoms with Crippen LogP contribution in [0.15, 0.2) is 18.2 Å². The normalized spacial score (nSPS) is 11.6. The Bertz CT molecular complexity index is 484. The molecule has 0 heterocycles. The molecule has 0 radical (unpaired) electrons. The van der Waals surface area contributed by atoms with Crippen molar-refractivity contribution in [3.63, 3.8) is 0 Å². The number of aliphatic hydroxyl groups is 1. The summed E-state index contributed by atoms with van der Waals surface area (Å²) in [4.78, 5) is 23.2. The molecule has 2 N–H and O–H groups in total. The number of esters is 1. The Hall–Kier alpha value is -2.08. The Morgan fingerprint density at radius 3 is 2.65 bits per heavy atom. The summed E-state index contributed by atoms with van der Waals surface area (Å²) in [7, 11) is 0. The first-order valence-electron chi connectivity index (χ1n) is 6.40. The second-order valence-electron chi connectivity index (χ2n) is 4.20. The first kappa shape index (κ1) is 16.0. The molecule has 0 bridgehead atoms. The standard InChI is InChI=1S/C14H19NO5/c1-4-8-15-14(18)11-6-5-7-12(19-9(2)16)13(11)20-10(3)17/h5-7,9,16H,4,8H2,1-3H3,(H,15,18). The predicted octanol–water partition coefficient (Wildman–Crippen LogP) is 1.47. The molecule has 0 aliphatic heterocycles. The highest BCUT2D eigenvalue weighted by Crippen LogP contribution is 2.32. The molecule has 0 aliphatic carbocycles. The molecule has 0 aliphatic rings. The van der Waals surface area contributed by atoms with E-state index in [0.29, 0.717) is 6.54 Å². The Morgan fingerprint density at radius 2 is 2.10 bits per heavy atom. The highest BCUT2D eigenvalue weighted by molar-refractivity contribution is 5.98. The summed E-state index contributed by atoms with van der Waals surface area (Å²) in [6.07, 6.45) is -0.295. The zero-order valence-corrected chi connectivity index (χ0v) is 11.8. The van der Waals surface area contributed by atoms with Crippen molar-refractivity contribution < 1.29 is 24.2 Å². The number of ether oxygens (including phenoxy) is 2. The summed E-state index contributed by atoms with van der Waals surface area (Å²) in [6, 6.07) is 4.63. The summed E-state index contributed by atoms with van der Waals surface area (Å²) in [5.41, 5.74) is 0.187. The Labute approximate surface area is 117 Å². The molecule has 0 spiro atoms. The molecule has 1 aromatic rings. The largest absolute Gasteiger partial charge is 0.462 e. The number of aliphatic hydroxyl groups excluding tert-OH is 1. The molecule has 0 fully saturated rings. The minimum Gasteiger partial charge on any atom is -0.462 e. The van der Waals surface area contributed by atoms with Crippen LogP contribution in [0.3, 0.4) is 0 Å². The van der Waals surface area contributed by atoms with E-state index in [9.17, 15) is 14.7 Å². The predicted molar refractivity (Wildman–Crippen MR) is 72.7 cm³/mol. The molecular weight excluding hydrogens is 262 g/mol. The number of hydrogen-bond acceptors (Lipinski definition) is 5. The maximum Gasteiger partial charge on any atom is 0.308 e. The molecule has 0 saturated heterocycles. The fourth-order valence-electron chi connectivity index (χ4n) is 1.55. The average Bonchev–Trinajstić information content (AvgIpc) is 2.36. The molecule has 0 saturated carbocycles. The van der Waals surface area contributed by atoms with Gasteiger partial charge in [-0.05, 0) is 25.5 Å². The molecule has 20 heavy (non-hydrogen) atoms. The van der Waals surface area contributed by atoms with Crippen molar-refractivity contribution in [1.82, 2.24) is 5.32 Å². The minimum absolute atomic E-state index is 0.00880. The summed E-state index contributed by atoms with van der Waals surface area (Å²) < 4.78 is 10.2. The number of carbonyl (C=O) groups excluding carboxylic acids is 2. The van der Waals surface area contributed by atoms with Gasteiger partial charge in [0.15, 0.2) is 17.8 Å². The van der Waals surface area contributed by atoms with Crippen LogP contribution in [0.2, 0.25) is 0 Å². The molecule has 6 nitrogen and oxygen atoms in total. The third-order valence-electron chi connectivity index (χ3n) is 2.30. The van der Waals surface area contributed by atoms with E-state index in [-0.39, 0.29) is 23.0 Å². The van der Waals surface area contributed by atoms with Crippen molar-refractivity contribution in [2.75, 3.05) is 6.54 Å². The van der Waals surface area contributed by atoms with Crippen LogP contribution in [0, 0.1) is 0 Å². The molecule has 0 aromatic heterocycles. The van der Waals surface area contributed by atoms with Crippen molar-refractivity contribution in [2.45, 2.75) is 33.5 Å². The van der Waals surface area contributed by atoms with Crippen LogP contribution in [0.5, 0.6) is 11.5 Å². The van der Waals surface area contributed by atoms with E-state index in [0.717, 1.165) is 6.42 Å². The van der Waals surface area contributed by atoms with Crippen molar-refractivity contribution in [3.05, 3.63) is 23.8 Å². The zero-order valence-electron chi connectivity index (χ0n) is 11.8. The van der Waals surface area contributed by atoms with Crippen LogP contribution in [0.25, 0.3) is 0 Å². The zero-order chi connectivity index (χ0) is 15.1. The van der Waals surface area contributed by atoms with Gasteiger partial charge in [0.2, 0.25) is 0 Å². The topological polar surface area (TPSA) is 84.9 Å². The molecule has 1 amide bonds. The van der Waals surface area contributed by atoms with Crippen LogP contribution in [0.1, 0.15) is 37.6 Å². The van der Waals surface area contributed by atoms with E-state index in [2.05, 4.69) is 5.32 Å². The van der Waals surface area contributed by atoms with Gasteiger partial charge in [-0.25, -0.2) is 0 Å². The molecule has 1 unspecified atom stereocenters. The van der Waals surface area contributed by atoms with Gasteiger partial charge in [-0.3, -0.25) is 9.59 Å².